The Kier molecular flexibility index (Phi) is 7.65. The highest BCUT2D eigenvalue weighted by Crippen LogP contribution is 2.37. The van der Waals surface area contributed by atoms with E-state index in [1.54, 1.807) is 42.3 Å². The molecular weight excluding hydrogens is 502 g/mol. The van der Waals surface area contributed by atoms with Gasteiger partial charge in [0.1, 0.15) is 10.6 Å². The largest absolute Gasteiger partial charge is 0.497 e. The fourth-order valence-electron chi connectivity index (χ4n) is 3.58. The van der Waals surface area contributed by atoms with Crippen molar-refractivity contribution in [1.82, 2.24) is 5.32 Å². The molecule has 0 aliphatic carbocycles. The molecule has 2 amide bonds. The lowest BCUT2D eigenvalue weighted by atomic mass is 10.1. The molecule has 0 atom stereocenters. The minimum atomic E-state index is -0.416. The molecule has 0 saturated heterocycles. The number of halogens is 1. The van der Waals surface area contributed by atoms with E-state index in [4.69, 9.17) is 28.6 Å². The van der Waals surface area contributed by atoms with Crippen LogP contribution in [0.3, 0.4) is 0 Å². The van der Waals surface area contributed by atoms with Crippen LogP contribution in [-0.2, 0) is 0 Å². The molecule has 178 valence electrons. The van der Waals surface area contributed by atoms with E-state index >= 15 is 0 Å². The average molecular weight is 524 g/mol. The Bertz CT molecular complexity index is 1410. The van der Waals surface area contributed by atoms with Gasteiger partial charge in [-0.3, -0.25) is 14.9 Å². The number of thiocarbonyl (C=S) groups is 1. The maximum atomic E-state index is 13.1. The molecule has 0 bridgehead atoms. The van der Waals surface area contributed by atoms with Gasteiger partial charge in [0.25, 0.3) is 11.8 Å². The SMILES string of the molecule is CCN(C(=O)c1cccc(NC(=S)NC(=O)c2sc3cc(OC)ccc3c2Cl)c1)c1ccccc1. The number of nitrogens with one attached hydrogen (secondary N) is 2. The molecule has 0 aliphatic heterocycles. The molecule has 0 spiro atoms. The molecule has 0 fully saturated rings. The normalized spacial score (nSPS) is 10.6. The summed E-state index contributed by atoms with van der Waals surface area (Å²) in [5, 5.41) is 6.87. The summed E-state index contributed by atoms with van der Waals surface area (Å²) >= 11 is 13.0. The Balaban J connectivity index is 1.46. The summed E-state index contributed by atoms with van der Waals surface area (Å²) in [4.78, 5) is 28.0. The Morgan fingerprint density at radius 2 is 1.83 bits per heavy atom. The Morgan fingerprint density at radius 1 is 1.06 bits per heavy atom. The number of amides is 2. The molecule has 0 radical (unpaired) electrons. The fourth-order valence-corrected chi connectivity index (χ4v) is 5.23. The molecule has 35 heavy (non-hydrogen) atoms. The summed E-state index contributed by atoms with van der Waals surface area (Å²) in [6.45, 7) is 2.45. The van der Waals surface area contributed by atoms with Crippen molar-refractivity contribution in [1.29, 1.82) is 0 Å². The standard InChI is InChI=1S/C26H22ClN3O3S2/c1-3-30(18-10-5-4-6-11-18)25(32)16-8-7-9-17(14-16)28-26(34)29-24(31)23-22(27)20-13-12-19(33-2)15-21(20)35-23/h4-15H,3H2,1-2H3,(H2,28,29,31,34). The molecule has 9 heteroatoms. The van der Waals surface area contributed by atoms with Crippen molar-refractivity contribution >= 4 is 73.5 Å². The summed E-state index contributed by atoms with van der Waals surface area (Å²) in [5.74, 6) is 0.133. The van der Waals surface area contributed by atoms with Crippen LogP contribution in [0.4, 0.5) is 11.4 Å². The second-order valence-corrected chi connectivity index (χ2v) is 9.32. The second-order valence-electron chi connectivity index (χ2n) is 7.48. The first-order valence-electron chi connectivity index (χ1n) is 10.8. The van der Waals surface area contributed by atoms with Gasteiger partial charge in [0.15, 0.2) is 5.11 Å². The third kappa shape index (κ3) is 5.45. The van der Waals surface area contributed by atoms with Crippen molar-refractivity contribution in [2.24, 2.45) is 0 Å². The third-order valence-corrected chi connectivity index (χ3v) is 7.13. The van der Waals surface area contributed by atoms with Gasteiger partial charge in [0, 0.05) is 33.6 Å². The molecule has 4 rings (SSSR count). The summed E-state index contributed by atoms with van der Waals surface area (Å²) in [7, 11) is 1.58. The van der Waals surface area contributed by atoms with Gasteiger partial charge in [-0.2, -0.15) is 0 Å². The molecule has 2 N–H and O–H groups in total. The number of thiophene rings is 1. The molecule has 3 aromatic carbocycles. The second kappa shape index (κ2) is 10.9. The lowest BCUT2D eigenvalue weighted by molar-refractivity contribution is 0.0976. The molecular formula is C26H22ClN3O3S2. The van der Waals surface area contributed by atoms with Crippen molar-refractivity contribution in [3.63, 3.8) is 0 Å². The lowest BCUT2D eigenvalue weighted by Crippen LogP contribution is -2.34. The predicted molar refractivity (Wildman–Crippen MR) is 147 cm³/mol. The number of hydrogen-bond donors (Lipinski definition) is 2. The van der Waals surface area contributed by atoms with Gasteiger partial charge < -0.3 is 15.0 Å². The van der Waals surface area contributed by atoms with Crippen LogP contribution in [0.15, 0.2) is 72.8 Å². The molecule has 1 heterocycles. The van der Waals surface area contributed by atoms with Crippen LogP contribution in [-0.4, -0.2) is 30.6 Å². The lowest BCUT2D eigenvalue weighted by Gasteiger charge is -2.21. The van der Waals surface area contributed by atoms with Gasteiger partial charge in [0.2, 0.25) is 0 Å². The van der Waals surface area contributed by atoms with Crippen molar-refractivity contribution in [3.8, 4) is 5.75 Å². The smallest absolute Gasteiger partial charge is 0.269 e. The minimum absolute atomic E-state index is 0.0982. The summed E-state index contributed by atoms with van der Waals surface area (Å²) in [6.07, 6.45) is 0. The van der Waals surface area contributed by atoms with E-state index in [-0.39, 0.29) is 11.0 Å². The first-order valence-corrected chi connectivity index (χ1v) is 12.4. The van der Waals surface area contributed by atoms with E-state index in [9.17, 15) is 9.59 Å². The highest BCUT2D eigenvalue weighted by Gasteiger charge is 2.19. The van der Waals surface area contributed by atoms with E-state index in [1.807, 2.05) is 49.4 Å². The number of anilines is 2. The first-order chi connectivity index (χ1) is 16.9. The van der Waals surface area contributed by atoms with Gasteiger partial charge in [-0.05, 0) is 67.7 Å². The maximum Gasteiger partial charge on any atom is 0.269 e. The molecule has 6 nitrogen and oxygen atoms in total. The number of rotatable bonds is 6. The Hall–Kier alpha value is -3.46. The zero-order chi connectivity index (χ0) is 24.9. The topological polar surface area (TPSA) is 70.7 Å². The fraction of sp³-hybridized carbons (Fsp3) is 0.115. The molecule has 1 aromatic heterocycles. The average Bonchev–Trinajstić information content (AvgIpc) is 3.20. The van der Waals surface area contributed by atoms with Gasteiger partial charge in [0.05, 0.1) is 12.1 Å². The highest BCUT2D eigenvalue weighted by atomic mass is 35.5. The molecule has 4 aromatic rings. The number of carbonyl (C=O) groups excluding carboxylic acids is 2. The zero-order valence-electron chi connectivity index (χ0n) is 19.0. The quantitative estimate of drug-likeness (QED) is 0.288. The molecule has 0 saturated carbocycles. The number of hydrogen-bond acceptors (Lipinski definition) is 5. The van der Waals surface area contributed by atoms with Crippen LogP contribution < -0.4 is 20.3 Å². The number of para-hydroxylation sites is 1. The number of fused-ring (bicyclic) bond motifs is 1. The van der Waals surface area contributed by atoms with E-state index in [1.165, 1.54) is 11.3 Å². The summed E-state index contributed by atoms with van der Waals surface area (Å²) in [5.41, 5.74) is 1.90. The molecule has 0 unspecified atom stereocenters. The van der Waals surface area contributed by atoms with Crippen LogP contribution in [0.2, 0.25) is 5.02 Å². The number of methoxy groups -OCH3 is 1. The minimum Gasteiger partial charge on any atom is -0.497 e. The maximum absolute atomic E-state index is 13.1. The highest BCUT2D eigenvalue weighted by molar-refractivity contribution is 7.80. The van der Waals surface area contributed by atoms with E-state index in [0.717, 1.165) is 15.8 Å². The van der Waals surface area contributed by atoms with Crippen molar-refractivity contribution in [2.75, 3.05) is 23.9 Å². The number of ether oxygens (including phenoxy) is 1. The Morgan fingerprint density at radius 3 is 2.54 bits per heavy atom. The number of nitrogens with zero attached hydrogens (tertiary/aromatic N) is 1. The first kappa shape index (κ1) is 24.7. The van der Waals surface area contributed by atoms with Crippen molar-refractivity contribution in [2.45, 2.75) is 6.92 Å². The van der Waals surface area contributed by atoms with Crippen LogP contribution in [0, 0.1) is 0 Å². The summed E-state index contributed by atoms with van der Waals surface area (Å²) in [6, 6.07) is 21.9. The van der Waals surface area contributed by atoms with Gasteiger partial charge in [-0.25, -0.2) is 0 Å². The Labute approximate surface area is 217 Å². The van der Waals surface area contributed by atoms with Crippen LogP contribution in [0.25, 0.3) is 10.1 Å². The van der Waals surface area contributed by atoms with E-state index < -0.39 is 5.91 Å². The summed E-state index contributed by atoms with van der Waals surface area (Å²) < 4.78 is 6.08. The van der Waals surface area contributed by atoms with Crippen molar-refractivity contribution in [3.05, 3.63) is 88.3 Å². The predicted octanol–water partition coefficient (Wildman–Crippen LogP) is 6.36. The molecule has 0 aliphatic rings. The van der Waals surface area contributed by atoms with Crippen molar-refractivity contribution < 1.29 is 14.3 Å². The van der Waals surface area contributed by atoms with Gasteiger partial charge in [-0.15, -0.1) is 11.3 Å². The number of carbonyl (C=O) groups is 2. The monoisotopic (exact) mass is 523 g/mol. The zero-order valence-corrected chi connectivity index (χ0v) is 21.4. The third-order valence-electron chi connectivity index (χ3n) is 5.27. The van der Waals surface area contributed by atoms with Crippen LogP contribution >= 0.6 is 35.2 Å². The van der Waals surface area contributed by atoms with Crippen LogP contribution in [0.5, 0.6) is 5.75 Å². The van der Waals surface area contributed by atoms with E-state index in [0.29, 0.717) is 33.4 Å². The van der Waals surface area contributed by atoms with E-state index in [2.05, 4.69) is 10.6 Å². The van der Waals surface area contributed by atoms with Gasteiger partial charge in [-0.1, -0.05) is 35.9 Å². The van der Waals surface area contributed by atoms with Gasteiger partial charge >= 0.3 is 0 Å². The number of benzene rings is 3. The van der Waals surface area contributed by atoms with Crippen LogP contribution in [0.1, 0.15) is 27.0 Å².